The Morgan fingerprint density at radius 1 is 1.15 bits per heavy atom. The van der Waals surface area contributed by atoms with Crippen LogP contribution in [0.4, 0.5) is 11.4 Å². The molecule has 0 saturated heterocycles. The zero-order valence-electron chi connectivity index (χ0n) is 13.8. The van der Waals surface area contributed by atoms with Gasteiger partial charge in [0.15, 0.2) is 10.3 Å². The number of thioether (sulfide) groups is 2. The molecule has 2 aromatic rings. The highest BCUT2D eigenvalue weighted by Crippen LogP contribution is 2.40. The molecule has 130 valence electrons. The van der Waals surface area contributed by atoms with Gasteiger partial charge in [0.25, 0.3) is 0 Å². The number of hydrogen-bond acceptors (Lipinski definition) is 6. The molecule has 2 aromatic carbocycles. The van der Waals surface area contributed by atoms with Crippen LogP contribution in [0, 0.1) is 0 Å². The largest absolute Gasteiger partial charge is 0.335 e. The third-order valence-corrected chi connectivity index (χ3v) is 6.99. The lowest BCUT2D eigenvalue weighted by atomic mass is 10.1. The quantitative estimate of drug-likeness (QED) is 0.660. The van der Waals surface area contributed by atoms with Crippen LogP contribution in [-0.4, -0.2) is 21.0 Å². The van der Waals surface area contributed by atoms with Crippen LogP contribution in [0.3, 0.4) is 0 Å². The second kappa shape index (κ2) is 6.79. The van der Waals surface area contributed by atoms with Crippen LogP contribution in [0.1, 0.15) is 11.1 Å². The molecule has 0 unspecified atom stereocenters. The SMILES string of the molecule is Brc1cccc2c1N=C1SC=C(CSC3=NCc4ccccc4N3)N1C2. The summed E-state index contributed by atoms with van der Waals surface area (Å²) in [5, 5.41) is 7.70. The summed E-state index contributed by atoms with van der Waals surface area (Å²) in [5.74, 6) is 0.878. The van der Waals surface area contributed by atoms with Gasteiger partial charge in [-0.3, -0.25) is 4.99 Å². The van der Waals surface area contributed by atoms with Gasteiger partial charge in [-0.1, -0.05) is 53.9 Å². The van der Waals surface area contributed by atoms with E-state index in [9.17, 15) is 0 Å². The second-order valence-corrected chi connectivity index (χ2v) is 8.80. The molecule has 7 heteroatoms. The van der Waals surface area contributed by atoms with Gasteiger partial charge in [0.2, 0.25) is 0 Å². The number of rotatable bonds is 2. The zero-order valence-corrected chi connectivity index (χ0v) is 17.0. The van der Waals surface area contributed by atoms with Crippen molar-refractivity contribution < 1.29 is 0 Å². The van der Waals surface area contributed by atoms with Gasteiger partial charge in [0.05, 0.1) is 18.8 Å². The normalized spacial score (nSPS) is 17.4. The molecule has 0 aromatic heterocycles. The fourth-order valence-corrected chi connectivity index (χ4v) is 5.50. The first-order chi connectivity index (χ1) is 12.8. The Balaban J connectivity index is 1.28. The van der Waals surface area contributed by atoms with Gasteiger partial charge in [0, 0.05) is 21.6 Å². The van der Waals surface area contributed by atoms with Gasteiger partial charge in [-0.15, -0.1) is 0 Å². The van der Waals surface area contributed by atoms with Crippen LogP contribution in [0.5, 0.6) is 0 Å². The summed E-state index contributed by atoms with van der Waals surface area (Å²) < 4.78 is 1.06. The molecule has 0 radical (unpaired) electrons. The summed E-state index contributed by atoms with van der Waals surface area (Å²) >= 11 is 7.06. The van der Waals surface area contributed by atoms with E-state index in [0.29, 0.717) is 0 Å². The number of para-hydroxylation sites is 2. The smallest absolute Gasteiger partial charge is 0.173 e. The van der Waals surface area contributed by atoms with Crippen LogP contribution < -0.4 is 5.32 Å². The average Bonchev–Trinajstić information content (AvgIpc) is 3.07. The van der Waals surface area contributed by atoms with Gasteiger partial charge in [0.1, 0.15) is 0 Å². The van der Waals surface area contributed by atoms with Crippen molar-refractivity contribution >= 4 is 61.2 Å². The maximum Gasteiger partial charge on any atom is 0.173 e. The highest BCUT2D eigenvalue weighted by Gasteiger charge is 2.28. The Morgan fingerprint density at radius 3 is 3.00 bits per heavy atom. The number of nitrogens with one attached hydrogen (secondary N) is 1. The number of amidine groups is 2. The van der Waals surface area contributed by atoms with E-state index in [-0.39, 0.29) is 0 Å². The van der Waals surface area contributed by atoms with E-state index in [0.717, 1.165) is 39.3 Å². The second-order valence-electron chi connectivity index (χ2n) is 6.15. The minimum absolute atomic E-state index is 0.747. The van der Waals surface area contributed by atoms with E-state index >= 15 is 0 Å². The molecule has 0 aliphatic carbocycles. The van der Waals surface area contributed by atoms with E-state index < -0.39 is 0 Å². The molecule has 3 aliphatic rings. The molecule has 0 saturated carbocycles. The van der Waals surface area contributed by atoms with Crippen molar-refractivity contribution in [1.82, 2.24) is 4.90 Å². The lowest BCUT2D eigenvalue weighted by Gasteiger charge is -2.27. The molecule has 3 heterocycles. The van der Waals surface area contributed by atoms with E-state index in [1.165, 1.54) is 22.5 Å². The lowest BCUT2D eigenvalue weighted by molar-refractivity contribution is 0.519. The van der Waals surface area contributed by atoms with Gasteiger partial charge < -0.3 is 10.2 Å². The number of fused-ring (bicyclic) bond motifs is 3. The van der Waals surface area contributed by atoms with Crippen LogP contribution >= 0.6 is 39.5 Å². The molecule has 0 spiro atoms. The first-order valence-electron chi connectivity index (χ1n) is 8.29. The highest BCUT2D eigenvalue weighted by atomic mass is 79.9. The zero-order chi connectivity index (χ0) is 17.5. The molecule has 0 bridgehead atoms. The van der Waals surface area contributed by atoms with Gasteiger partial charge >= 0.3 is 0 Å². The lowest BCUT2D eigenvalue weighted by Crippen LogP contribution is -2.28. The summed E-state index contributed by atoms with van der Waals surface area (Å²) in [5.41, 5.74) is 6.01. The maximum atomic E-state index is 4.83. The van der Waals surface area contributed by atoms with Crippen molar-refractivity contribution in [2.24, 2.45) is 9.98 Å². The van der Waals surface area contributed by atoms with Crippen molar-refractivity contribution in [3.8, 4) is 0 Å². The molecule has 0 amide bonds. The number of nitrogens with zero attached hydrogens (tertiary/aromatic N) is 3. The number of aliphatic imine (C=N–C) groups is 2. The molecule has 4 nitrogen and oxygen atoms in total. The van der Waals surface area contributed by atoms with Crippen LogP contribution in [0.15, 0.2) is 68.0 Å². The number of anilines is 1. The van der Waals surface area contributed by atoms with Crippen LogP contribution in [-0.2, 0) is 13.1 Å². The van der Waals surface area contributed by atoms with E-state index in [2.05, 4.69) is 72.9 Å². The van der Waals surface area contributed by atoms with Crippen molar-refractivity contribution in [2.75, 3.05) is 11.1 Å². The van der Waals surface area contributed by atoms with E-state index in [1.54, 1.807) is 23.5 Å². The maximum absolute atomic E-state index is 4.83. The first-order valence-corrected chi connectivity index (χ1v) is 11.0. The van der Waals surface area contributed by atoms with Gasteiger partial charge in [-0.05, 0) is 44.6 Å². The van der Waals surface area contributed by atoms with Crippen molar-refractivity contribution in [1.29, 1.82) is 0 Å². The minimum atomic E-state index is 0.747. The van der Waals surface area contributed by atoms with Crippen LogP contribution in [0.2, 0.25) is 0 Å². The summed E-state index contributed by atoms with van der Waals surface area (Å²) in [4.78, 5) is 11.8. The highest BCUT2D eigenvalue weighted by molar-refractivity contribution is 9.10. The Morgan fingerprint density at radius 2 is 2.04 bits per heavy atom. The van der Waals surface area contributed by atoms with Gasteiger partial charge in [-0.2, -0.15) is 0 Å². The van der Waals surface area contributed by atoms with E-state index in [1.807, 2.05) is 6.07 Å². The predicted octanol–water partition coefficient (Wildman–Crippen LogP) is 5.56. The summed E-state index contributed by atoms with van der Waals surface area (Å²) in [6, 6.07) is 14.6. The molecular weight excluding hydrogens is 428 g/mol. The Kier molecular flexibility index (Phi) is 4.30. The van der Waals surface area contributed by atoms with Crippen molar-refractivity contribution in [3.05, 3.63) is 69.2 Å². The summed E-state index contributed by atoms with van der Waals surface area (Å²) in [7, 11) is 0. The van der Waals surface area contributed by atoms with Gasteiger partial charge in [-0.25, -0.2) is 4.99 Å². The van der Waals surface area contributed by atoms with Crippen LogP contribution in [0.25, 0.3) is 0 Å². The number of benzene rings is 2. The molecule has 3 aliphatic heterocycles. The third-order valence-electron chi connectivity index (χ3n) is 4.49. The molecule has 5 rings (SSSR count). The molecule has 0 fully saturated rings. The Bertz CT molecular complexity index is 983. The third kappa shape index (κ3) is 2.98. The first kappa shape index (κ1) is 16.5. The molecule has 1 N–H and O–H groups in total. The minimum Gasteiger partial charge on any atom is -0.335 e. The molecule has 26 heavy (non-hydrogen) atoms. The van der Waals surface area contributed by atoms with Crippen molar-refractivity contribution in [2.45, 2.75) is 13.1 Å². The monoisotopic (exact) mass is 442 g/mol. The average molecular weight is 443 g/mol. The summed E-state index contributed by atoms with van der Waals surface area (Å²) in [6.45, 7) is 1.62. The Hall–Kier alpha value is -1.70. The predicted molar refractivity (Wildman–Crippen MR) is 116 cm³/mol. The molecular formula is C19H15BrN4S2. The fraction of sp³-hybridized carbons (Fsp3) is 0.158. The Labute approximate surface area is 169 Å². The molecule has 0 atom stereocenters. The van der Waals surface area contributed by atoms with Crippen molar-refractivity contribution in [3.63, 3.8) is 0 Å². The number of halogens is 1. The topological polar surface area (TPSA) is 40.0 Å². The number of hydrogen-bond donors (Lipinski definition) is 1. The fourth-order valence-electron chi connectivity index (χ4n) is 3.13. The standard InChI is InChI=1S/C19H15BrN4S2/c20-15-6-3-5-13-9-24-14(11-26-19(24)23-17(13)15)10-25-18-21-8-12-4-1-2-7-16(12)22-18/h1-7,11H,8-10H2,(H,21,22). The van der Waals surface area contributed by atoms with E-state index in [4.69, 9.17) is 4.99 Å². The summed E-state index contributed by atoms with van der Waals surface area (Å²) in [6.07, 6.45) is 0.